The number of amides is 1. The van der Waals surface area contributed by atoms with Crippen molar-refractivity contribution >= 4 is 47.4 Å². The number of carbonyl (C=O) groups excluding carboxylic acids is 1. The Morgan fingerprint density at radius 3 is 2.43 bits per heavy atom. The van der Waals surface area contributed by atoms with Gasteiger partial charge in [0.1, 0.15) is 12.3 Å². The predicted molar refractivity (Wildman–Crippen MR) is 134 cm³/mol. The van der Waals surface area contributed by atoms with Crippen LogP contribution in [0.3, 0.4) is 0 Å². The first-order valence-electron chi connectivity index (χ1n) is 9.53. The molecule has 0 aliphatic heterocycles. The number of methoxy groups -OCH3 is 1. The van der Waals surface area contributed by atoms with Gasteiger partial charge in [0.2, 0.25) is 5.91 Å². The summed E-state index contributed by atoms with van der Waals surface area (Å²) in [5.41, 5.74) is 2.15. The van der Waals surface area contributed by atoms with Crippen LogP contribution < -0.4 is 15.4 Å². The van der Waals surface area contributed by atoms with Crippen LogP contribution in [0.25, 0.3) is 0 Å². The van der Waals surface area contributed by atoms with Crippen molar-refractivity contribution in [2.75, 3.05) is 34.3 Å². The minimum atomic E-state index is -0.0644. The number of likely N-dealkylation sites (N-methyl/N-ethyl adjacent to an activating group) is 1. The molecule has 1 atom stereocenters. The number of ether oxygens (including phenoxy) is 1. The van der Waals surface area contributed by atoms with Gasteiger partial charge in [-0.15, -0.1) is 24.0 Å². The van der Waals surface area contributed by atoms with Gasteiger partial charge in [-0.1, -0.05) is 41.9 Å². The van der Waals surface area contributed by atoms with Gasteiger partial charge in [0, 0.05) is 25.7 Å². The average Bonchev–Trinajstić information content (AvgIpc) is 2.72. The largest absolute Gasteiger partial charge is 0.497 e. The normalized spacial score (nSPS) is 11.8. The zero-order valence-corrected chi connectivity index (χ0v) is 20.9. The number of halogens is 2. The Morgan fingerprint density at radius 1 is 1.17 bits per heavy atom. The minimum absolute atomic E-state index is 0. The summed E-state index contributed by atoms with van der Waals surface area (Å²) < 4.78 is 5.19. The van der Waals surface area contributed by atoms with Crippen LogP contribution in [0.4, 0.5) is 0 Å². The fourth-order valence-electron chi connectivity index (χ4n) is 2.67. The summed E-state index contributed by atoms with van der Waals surface area (Å²) in [6.45, 7) is 2.75. The van der Waals surface area contributed by atoms with E-state index in [1.54, 1.807) is 21.2 Å². The van der Waals surface area contributed by atoms with E-state index >= 15 is 0 Å². The van der Waals surface area contributed by atoms with E-state index in [1.165, 1.54) is 10.5 Å². The van der Waals surface area contributed by atoms with Gasteiger partial charge in [0.15, 0.2) is 5.96 Å². The van der Waals surface area contributed by atoms with Crippen molar-refractivity contribution in [2.45, 2.75) is 19.4 Å². The van der Waals surface area contributed by atoms with Gasteiger partial charge in [-0.05, 0) is 42.7 Å². The van der Waals surface area contributed by atoms with Crippen LogP contribution in [-0.2, 0) is 11.2 Å². The third-order valence-corrected chi connectivity index (χ3v) is 4.81. The Kier molecular flexibility index (Phi) is 11.6. The van der Waals surface area contributed by atoms with Crippen molar-refractivity contribution in [1.82, 2.24) is 15.5 Å². The molecule has 0 aromatic heterocycles. The standard InChI is InChI=1S/C22H29ClN4O2.HI/c1-16(19-7-5-6-8-20(19)23)26-22(25-15-21(28)27(2)3)24-14-13-17-9-11-18(29-4)12-10-17;/h5-12,16H,13-15H2,1-4H3,(H2,24,25,26);1H. The highest BCUT2D eigenvalue weighted by molar-refractivity contribution is 14.0. The van der Waals surface area contributed by atoms with Crippen LogP contribution in [0.5, 0.6) is 5.75 Å². The number of nitrogens with one attached hydrogen (secondary N) is 2. The third kappa shape index (κ3) is 8.39. The molecule has 0 bridgehead atoms. The Labute approximate surface area is 201 Å². The van der Waals surface area contributed by atoms with Crippen molar-refractivity contribution in [1.29, 1.82) is 0 Å². The lowest BCUT2D eigenvalue weighted by Gasteiger charge is -2.20. The van der Waals surface area contributed by atoms with Crippen molar-refractivity contribution in [3.8, 4) is 5.75 Å². The summed E-state index contributed by atoms with van der Waals surface area (Å²) in [7, 11) is 5.09. The highest BCUT2D eigenvalue weighted by Crippen LogP contribution is 2.22. The number of aliphatic imine (C=N–C) groups is 1. The molecule has 0 aliphatic rings. The van der Waals surface area contributed by atoms with Gasteiger partial charge in [-0.3, -0.25) is 4.79 Å². The van der Waals surface area contributed by atoms with Gasteiger partial charge < -0.3 is 20.3 Å². The topological polar surface area (TPSA) is 66.0 Å². The first-order chi connectivity index (χ1) is 13.9. The molecule has 0 saturated carbocycles. The van der Waals surface area contributed by atoms with Gasteiger partial charge in [-0.2, -0.15) is 0 Å². The second-order valence-electron chi connectivity index (χ2n) is 6.87. The third-order valence-electron chi connectivity index (χ3n) is 4.46. The van der Waals surface area contributed by atoms with Crippen molar-refractivity contribution in [2.24, 2.45) is 4.99 Å². The van der Waals surface area contributed by atoms with E-state index in [4.69, 9.17) is 16.3 Å². The van der Waals surface area contributed by atoms with E-state index in [0.717, 1.165) is 17.7 Å². The quantitative estimate of drug-likeness (QED) is 0.301. The monoisotopic (exact) mass is 544 g/mol. The van der Waals surface area contributed by atoms with Crippen molar-refractivity contribution in [3.63, 3.8) is 0 Å². The summed E-state index contributed by atoms with van der Waals surface area (Å²) >= 11 is 6.31. The predicted octanol–water partition coefficient (Wildman–Crippen LogP) is 3.89. The maximum atomic E-state index is 11.9. The second-order valence-corrected chi connectivity index (χ2v) is 7.27. The molecular formula is C22H30ClIN4O2. The van der Waals surface area contributed by atoms with E-state index in [0.29, 0.717) is 17.5 Å². The molecule has 0 heterocycles. The Bertz CT molecular complexity index is 828. The molecule has 2 aromatic rings. The summed E-state index contributed by atoms with van der Waals surface area (Å²) in [6.07, 6.45) is 0.812. The Hall–Kier alpha value is -2.00. The number of hydrogen-bond acceptors (Lipinski definition) is 3. The summed E-state index contributed by atoms with van der Waals surface area (Å²) in [6, 6.07) is 15.6. The minimum Gasteiger partial charge on any atom is -0.497 e. The molecule has 164 valence electrons. The molecular weight excluding hydrogens is 515 g/mol. The lowest BCUT2D eigenvalue weighted by Crippen LogP contribution is -2.40. The molecule has 0 radical (unpaired) electrons. The Balaban J connectivity index is 0.00000450. The fourth-order valence-corrected chi connectivity index (χ4v) is 2.97. The van der Waals surface area contributed by atoms with Crippen LogP contribution in [0.2, 0.25) is 5.02 Å². The lowest BCUT2D eigenvalue weighted by atomic mass is 10.1. The summed E-state index contributed by atoms with van der Waals surface area (Å²) in [5.74, 6) is 1.34. The molecule has 0 saturated heterocycles. The molecule has 2 aromatic carbocycles. The molecule has 8 heteroatoms. The first-order valence-corrected chi connectivity index (χ1v) is 9.91. The molecule has 2 N–H and O–H groups in total. The molecule has 30 heavy (non-hydrogen) atoms. The van der Waals surface area contributed by atoms with Crippen LogP contribution in [0, 0.1) is 0 Å². The number of carbonyl (C=O) groups is 1. The van der Waals surface area contributed by atoms with Gasteiger partial charge in [0.25, 0.3) is 0 Å². The van der Waals surface area contributed by atoms with E-state index < -0.39 is 0 Å². The molecule has 0 aliphatic carbocycles. The molecule has 1 unspecified atom stereocenters. The average molecular weight is 545 g/mol. The number of benzene rings is 2. The number of hydrogen-bond donors (Lipinski definition) is 2. The Morgan fingerprint density at radius 2 is 1.83 bits per heavy atom. The second kappa shape index (κ2) is 13.3. The maximum Gasteiger partial charge on any atom is 0.243 e. The van der Waals surface area contributed by atoms with E-state index in [1.807, 2.05) is 55.5 Å². The smallest absolute Gasteiger partial charge is 0.243 e. The SMILES string of the molecule is COc1ccc(CCNC(=NCC(=O)N(C)C)NC(C)c2ccccc2Cl)cc1.I. The van der Waals surface area contributed by atoms with Crippen LogP contribution in [0.1, 0.15) is 24.1 Å². The summed E-state index contributed by atoms with van der Waals surface area (Å²) in [4.78, 5) is 17.9. The van der Waals surface area contributed by atoms with Crippen molar-refractivity contribution < 1.29 is 9.53 Å². The summed E-state index contributed by atoms with van der Waals surface area (Å²) in [5, 5.41) is 7.33. The highest BCUT2D eigenvalue weighted by Gasteiger charge is 2.12. The van der Waals surface area contributed by atoms with Crippen LogP contribution in [-0.4, -0.2) is 51.1 Å². The van der Waals surface area contributed by atoms with E-state index in [-0.39, 0.29) is 42.5 Å². The van der Waals surface area contributed by atoms with Gasteiger partial charge in [0.05, 0.1) is 13.2 Å². The van der Waals surface area contributed by atoms with Crippen LogP contribution in [0.15, 0.2) is 53.5 Å². The lowest BCUT2D eigenvalue weighted by molar-refractivity contribution is -0.127. The first kappa shape index (κ1) is 26.0. The van der Waals surface area contributed by atoms with Gasteiger partial charge in [-0.25, -0.2) is 4.99 Å². The zero-order valence-electron chi connectivity index (χ0n) is 17.8. The van der Waals surface area contributed by atoms with E-state index in [9.17, 15) is 4.79 Å². The fraction of sp³-hybridized carbons (Fsp3) is 0.364. The zero-order chi connectivity index (χ0) is 21.2. The number of nitrogens with zero attached hydrogens (tertiary/aromatic N) is 2. The molecule has 1 amide bonds. The molecule has 0 spiro atoms. The highest BCUT2D eigenvalue weighted by atomic mass is 127. The maximum absolute atomic E-state index is 11.9. The molecule has 6 nitrogen and oxygen atoms in total. The molecule has 0 fully saturated rings. The molecule has 2 rings (SSSR count). The van der Waals surface area contributed by atoms with E-state index in [2.05, 4.69) is 15.6 Å². The number of rotatable bonds is 8. The van der Waals surface area contributed by atoms with Crippen molar-refractivity contribution in [3.05, 3.63) is 64.7 Å². The number of guanidine groups is 1. The van der Waals surface area contributed by atoms with Gasteiger partial charge >= 0.3 is 0 Å². The van der Waals surface area contributed by atoms with Crippen LogP contribution >= 0.6 is 35.6 Å².